The van der Waals surface area contributed by atoms with Crippen molar-refractivity contribution in [1.29, 1.82) is 0 Å². The van der Waals surface area contributed by atoms with E-state index in [9.17, 15) is 8.42 Å². The molecule has 0 amide bonds. The Morgan fingerprint density at radius 1 is 1.17 bits per heavy atom. The second-order valence-corrected chi connectivity index (χ2v) is 5.51. The average molecular weight is 269 g/mol. The van der Waals surface area contributed by atoms with Crippen LogP contribution in [-0.2, 0) is 14.4 Å². The molecule has 100 valence electrons. The van der Waals surface area contributed by atoms with E-state index in [1.165, 1.54) is 31.2 Å². The highest BCUT2D eigenvalue weighted by Gasteiger charge is 2.13. The predicted octanol–water partition coefficient (Wildman–Crippen LogP) is 3.35. The molecule has 0 aromatic heterocycles. The minimum atomic E-state index is -3.76. The molecule has 0 atom stereocenters. The van der Waals surface area contributed by atoms with Gasteiger partial charge in [-0.1, -0.05) is 49.5 Å². The summed E-state index contributed by atoms with van der Waals surface area (Å²) >= 11 is 0. The Bertz CT molecular complexity index is 454. The Hall–Kier alpha value is -1.36. The second kappa shape index (κ2) is 7.87. The summed E-state index contributed by atoms with van der Waals surface area (Å²) in [6, 6.07) is 7.99. The zero-order chi connectivity index (χ0) is 13.3. The van der Waals surface area contributed by atoms with Crippen LogP contribution < -0.4 is 0 Å². The molecular weight excluding hydrogens is 250 g/mol. The molecule has 0 saturated carbocycles. The summed E-state index contributed by atoms with van der Waals surface area (Å²) in [5, 5.41) is 3.50. The van der Waals surface area contributed by atoms with Crippen molar-refractivity contribution < 1.29 is 12.7 Å². The molecule has 0 aliphatic carbocycles. The number of unbranched alkanes of at least 4 members (excludes halogenated alkanes) is 4. The van der Waals surface area contributed by atoms with E-state index in [-0.39, 0.29) is 4.90 Å². The Balaban J connectivity index is 2.36. The number of benzene rings is 1. The zero-order valence-corrected chi connectivity index (χ0v) is 11.4. The van der Waals surface area contributed by atoms with Crippen LogP contribution in [0.2, 0.25) is 0 Å². The number of nitrogens with zero attached hydrogens (tertiary/aromatic N) is 1. The molecule has 4 nitrogen and oxygen atoms in total. The Morgan fingerprint density at radius 3 is 2.56 bits per heavy atom. The van der Waals surface area contributed by atoms with Gasteiger partial charge in [0.15, 0.2) is 0 Å². The maximum absolute atomic E-state index is 11.6. The van der Waals surface area contributed by atoms with E-state index in [0.29, 0.717) is 0 Å². The van der Waals surface area contributed by atoms with Crippen LogP contribution in [0.25, 0.3) is 0 Å². The molecule has 1 aromatic carbocycles. The molecule has 18 heavy (non-hydrogen) atoms. The minimum absolute atomic E-state index is 0.119. The van der Waals surface area contributed by atoms with E-state index in [1.807, 2.05) is 0 Å². The van der Waals surface area contributed by atoms with Gasteiger partial charge in [-0.2, -0.15) is 8.42 Å². The Kier molecular flexibility index (Phi) is 6.43. The average Bonchev–Trinajstić information content (AvgIpc) is 2.39. The highest BCUT2D eigenvalue weighted by molar-refractivity contribution is 7.86. The highest BCUT2D eigenvalue weighted by Crippen LogP contribution is 2.11. The van der Waals surface area contributed by atoms with E-state index in [0.717, 1.165) is 19.3 Å². The molecule has 0 fully saturated rings. The quantitative estimate of drug-likeness (QED) is 0.413. The standard InChI is InChI=1S/C13H19NO3S/c1-2-3-4-5-9-12-14-17-18(15,16)13-10-7-6-8-11-13/h6-8,10-12H,2-5,9H2,1H3/b14-12+. The Labute approximate surface area is 109 Å². The summed E-state index contributed by atoms with van der Waals surface area (Å²) in [5.74, 6) is 0. The lowest BCUT2D eigenvalue weighted by Crippen LogP contribution is -2.02. The number of hydrogen-bond donors (Lipinski definition) is 0. The summed E-state index contributed by atoms with van der Waals surface area (Å²) in [7, 11) is -3.76. The lowest BCUT2D eigenvalue weighted by molar-refractivity contribution is 0.339. The Morgan fingerprint density at radius 2 is 1.89 bits per heavy atom. The van der Waals surface area contributed by atoms with Gasteiger partial charge < -0.3 is 0 Å². The normalized spacial score (nSPS) is 11.8. The third-order valence-corrected chi connectivity index (χ3v) is 3.57. The van der Waals surface area contributed by atoms with Crippen molar-refractivity contribution in [2.75, 3.05) is 0 Å². The lowest BCUT2D eigenvalue weighted by atomic mass is 10.2. The summed E-state index contributed by atoms with van der Waals surface area (Å²) in [6.45, 7) is 2.14. The monoisotopic (exact) mass is 269 g/mol. The van der Waals surface area contributed by atoms with E-state index in [2.05, 4.69) is 16.4 Å². The first kappa shape index (κ1) is 14.7. The van der Waals surface area contributed by atoms with Crippen LogP contribution in [0.4, 0.5) is 0 Å². The molecule has 5 heteroatoms. The van der Waals surface area contributed by atoms with E-state index >= 15 is 0 Å². The van der Waals surface area contributed by atoms with Crippen LogP contribution in [0, 0.1) is 0 Å². The summed E-state index contributed by atoms with van der Waals surface area (Å²) in [5.41, 5.74) is 0. The van der Waals surface area contributed by atoms with Crippen LogP contribution in [-0.4, -0.2) is 14.6 Å². The maximum atomic E-state index is 11.6. The summed E-state index contributed by atoms with van der Waals surface area (Å²) in [4.78, 5) is 0.119. The van der Waals surface area contributed by atoms with Gasteiger partial charge in [-0.25, -0.2) is 0 Å². The van der Waals surface area contributed by atoms with Gasteiger partial charge in [-0.3, -0.25) is 4.28 Å². The van der Waals surface area contributed by atoms with Crippen LogP contribution in [0.15, 0.2) is 40.4 Å². The molecule has 1 rings (SSSR count). The maximum Gasteiger partial charge on any atom is 0.358 e. The fraction of sp³-hybridized carbons (Fsp3) is 0.462. The van der Waals surface area contributed by atoms with Crippen LogP contribution in [0.3, 0.4) is 0 Å². The largest absolute Gasteiger partial charge is 0.358 e. The molecular formula is C13H19NO3S. The second-order valence-electron chi connectivity index (χ2n) is 3.98. The van der Waals surface area contributed by atoms with Gasteiger partial charge in [0.25, 0.3) is 0 Å². The zero-order valence-electron chi connectivity index (χ0n) is 10.6. The van der Waals surface area contributed by atoms with E-state index in [1.54, 1.807) is 18.2 Å². The number of hydrogen-bond acceptors (Lipinski definition) is 4. The molecule has 0 unspecified atom stereocenters. The molecule has 0 aliphatic heterocycles. The summed E-state index contributed by atoms with van der Waals surface area (Å²) in [6.07, 6.45) is 6.76. The van der Waals surface area contributed by atoms with Gasteiger partial charge >= 0.3 is 10.1 Å². The summed E-state index contributed by atoms with van der Waals surface area (Å²) < 4.78 is 27.8. The van der Waals surface area contributed by atoms with Crippen molar-refractivity contribution in [3.63, 3.8) is 0 Å². The first-order valence-electron chi connectivity index (χ1n) is 6.17. The van der Waals surface area contributed by atoms with Crippen molar-refractivity contribution in [2.45, 2.75) is 43.9 Å². The number of oxime groups is 1. The van der Waals surface area contributed by atoms with Gasteiger partial charge in [0.2, 0.25) is 0 Å². The molecule has 0 N–H and O–H groups in total. The van der Waals surface area contributed by atoms with Crippen molar-refractivity contribution in [2.24, 2.45) is 5.16 Å². The SMILES string of the molecule is CCCCCC/C=N/OS(=O)(=O)c1ccccc1. The van der Waals surface area contributed by atoms with E-state index in [4.69, 9.17) is 0 Å². The van der Waals surface area contributed by atoms with Crippen LogP contribution in [0.5, 0.6) is 0 Å². The van der Waals surface area contributed by atoms with Gasteiger partial charge in [0.05, 0.1) is 0 Å². The van der Waals surface area contributed by atoms with Crippen LogP contribution >= 0.6 is 0 Å². The third-order valence-electron chi connectivity index (χ3n) is 2.43. The highest BCUT2D eigenvalue weighted by atomic mass is 32.2. The first-order chi connectivity index (χ1) is 8.67. The fourth-order valence-corrected chi connectivity index (χ4v) is 2.18. The van der Waals surface area contributed by atoms with Crippen molar-refractivity contribution in [3.8, 4) is 0 Å². The molecule has 0 radical (unpaired) electrons. The molecule has 0 heterocycles. The smallest absolute Gasteiger partial charge is 0.265 e. The van der Waals surface area contributed by atoms with Gasteiger partial charge in [-0.05, 0) is 25.0 Å². The van der Waals surface area contributed by atoms with Crippen molar-refractivity contribution in [1.82, 2.24) is 0 Å². The first-order valence-corrected chi connectivity index (χ1v) is 7.58. The van der Waals surface area contributed by atoms with Crippen LogP contribution in [0.1, 0.15) is 39.0 Å². The molecule has 0 aliphatic rings. The molecule has 0 spiro atoms. The van der Waals surface area contributed by atoms with Gasteiger partial charge in [0, 0.05) is 6.21 Å². The van der Waals surface area contributed by atoms with Crippen molar-refractivity contribution in [3.05, 3.63) is 30.3 Å². The molecule has 1 aromatic rings. The topological polar surface area (TPSA) is 55.7 Å². The van der Waals surface area contributed by atoms with Gasteiger partial charge in [-0.15, -0.1) is 0 Å². The predicted molar refractivity (Wildman–Crippen MR) is 72.0 cm³/mol. The molecule has 0 saturated heterocycles. The minimum Gasteiger partial charge on any atom is -0.265 e. The van der Waals surface area contributed by atoms with E-state index < -0.39 is 10.1 Å². The van der Waals surface area contributed by atoms with Gasteiger partial charge in [0.1, 0.15) is 4.90 Å². The fourth-order valence-electron chi connectivity index (χ4n) is 1.43. The van der Waals surface area contributed by atoms with Crippen molar-refractivity contribution >= 4 is 16.3 Å². The molecule has 0 bridgehead atoms. The lowest BCUT2D eigenvalue weighted by Gasteiger charge is -2.00. The third kappa shape index (κ3) is 5.31. The number of rotatable bonds is 8.